The van der Waals surface area contributed by atoms with E-state index < -0.39 is 0 Å². The molecule has 1 nitrogen and oxygen atoms in total. The average Bonchev–Trinajstić information content (AvgIpc) is 1.89. The molecule has 1 fully saturated rings. The zero-order chi connectivity index (χ0) is 6.69. The standard InChI is InChI=1S/C7H12NP/c1-3-7-5-4-6-9-8(7)2/h1,7,9H,4-6H2,2H3. The van der Waals surface area contributed by atoms with Crippen LogP contribution in [0.15, 0.2) is 0 Å². The van der Waals surface area contributed by atoms with E-state index in [2.05, 4.69) is 17.6 Å². The average molecular weight is 141 g/mol. The third-order valence-corrected chi connectivity index (χ3v) is 3.06. The summed E-state index contributed by atoms with van der Waals surface area (Å²) < 4.78 is 2.28. The van der Waals surface area contributed by atoms with Crippen molar-refractivity contribution in [2.75, 3.05) is 13.2 Å². The fraction of sp³-hybridized carbons (Fsp3) is 0.714. The lowest BCUT2D eigenvalue weighted by Gasteiger charge is -2.27. The first-order valence-electron chi connectivity index (χ1n) is 3.27. The van der Waals surface area contributed by atoms with E-state index in [0.717, 1.165) is 8.73 Å². The summed E-state index contributed by atoms with van der Waals surface area (Å²) in [4.78, 5) is 0. The van der Waals surface area contributed by atoms with Crippen molar-refractivity contribution in [2.45, 2.75) is 18.9 Å². The molecule has 0 saturated carbocycles. The Morgan fingerprint density at radius 3 is 3.00 bits per heavy atom. The van der Waals surface area contributed by atoms with Crippen molar-refractivity contribution < 1.29 is 0 Å². The van der Waals surface area contributed by atoms with Crippen molar-refractivity contribution in [3.8, 4) is 12.3 Å². The molecule has 9 heavy (non-hydrogen) atoms. The Hall–Kier alpha value is -0.0500. The Morgan fingerprint density at radius 2 is 2.56 bits per heavy atom. The predicted octanol–water partition coefficient (Wildman–Crippen LogP) is 1.31. The molecule has 0 N–H and O–H groups in total. The molecule has 0 aromatic carbocycles. The van der Waals surface area contributed by atoms with Crippen LogP contribution in [0.4, 0.5) is 0 Å². The summed E-state index contributed by atoms with van der Waals surface area (Å²) in [7, 11) is 3.07. The van der Waals surface area contributed by atoms with Gasteiger partial charge in [-0.25, -0.2) is 0 Å². The van der Waals surface area contributed by atoms with Crippen LogP contribution in [0.2, 0.25) is 0 Å². The fourth-order valence-corrected chi connectivity index (χ4v) is 2.19. The Morgan fingerprint density at radius 1 is 1.78 bits per heavy atom. The van der Waals surface area contributed by atoms with Gasteiger partial charge in [-0.2, -0.15) is 0 Å². The molecule has 50 valence electrons. The molecule has 1 aliphatic rings. The van der Waals surface area contributed by atoms with E-state index in [1.165, 1.54) is 19.0 Å². The Bertz CT molecular complexity index is 127. The highest BCUT2D eigenvalue weighted by molar-refractivity contribution is 7.35. The summed E-state index contributed by atoms with van der Waals surface area (Å²) in [5, 5.41) is 0. The zero-order valence-electron chi connectivity index (χ0n) is 5.72. The molecular formula is C7H12NP. The summed E-state index contributed by atoms with van der Waals surface area (Å²) in [5.41, 5.74) is 0. The van der Waals surface area contributed by atoms with Crippen LogP contribution in [-0.2, 0) is 0 Å². The monoisotopic (exact) mass is 141 g/mol. The first-order chi connectivity index (χ1) is 4.34. The van der Waals surface area contributed by atoms with Gasteiger partial charge in [0.2, 0.25) is 0 Å². The van der Waals surface area contributed by atoms with Crippen LogP contribution in [-0.4, -0.2) is 23.9 Å². The number of rotatable bonds is 0. The lowest BCUT2D eigenvalue weighted by Crippen LogP contribution is -2.26. The molecule has 0 aromatic heterocycles. The summed E-state index contributed by atoms with van der Waals surface area (Å²) in [6.45, 7) is 0. The van der Waals surface area contributed by atoms with Gasteiger partial charge in [-0.15, -0.1) is 6.42 Å². The van der Waals surface area contributed by atoms with Crippen LogP contribution in [0.25, 0.3) is 0 Å². The summed E-state index contributed by atoms with van der Waals surface area (Å²) in [6, 6.07) is 0.428. The summed E-state index contributed by atoms with van der Waals surface area (Å²) >= 11 is 0. The van der Waals surface area contributed by atoms with Crippen molar-refractivity contribution >= 4 is 8.73 Å². The van der Waals surface area contributed by atoms with E-state index in [0.29, 0.717) is 6.04 Å². The molecule has 2 atom stereocenters. The molecule has 2 unspecified atom stereocenters. The Balaban J connectivity index is 2.41. The van der Waals surface area contributed by atoms with Gasteiger partial charge in [-0.05, 0) is 26.1 Å². The quantitative estimate of drug-likeness (QED) is 0.363. The van der Waals surface area contributed by atoms with E-state index in [9.17, 15) is 0 Å². The number of hydrogen-bond donors (Lipinski definition) is 0. The van der Waals surface area contributed by atoms with E-state index >= 15 is 0 Å². The van der Waals surface area contributed by atoms with Crippen LogP contribution < -0.4 is 0 Å². The van der Waals surface area contributed by atoms with E-state index in [1.807, 2.05) is 0 Å². The second-order valence-corrected chi connectivity index (χ2v) is 3.87. The van der Waals surface area contributed by atoms with Gasteiger partial charge in [0.1, 0.15) is 0 Å². The molecule has 1 heterocycles. The highest BCUT2D eigenvalue weighted by Gasteiger charge is 2.15. The van der Waals surface area contributed by atoms with Crippen LogP contribution in [0.5, 0.6) is 0 Å². The minimum Gasteiger partial charge on any atom is -0.274 e. The van der Waals surface area contributed by atoms with Crippen molar-refractivity contribution in [3.63, 3.8) is 0 Å². The molecular weight excluding hydrogens is 129 g/mol. The molecule has 1 rings (SSSR count). The van der Waals surface area contributed by atoms with Gasteiger partial charge in [-0.1, -0.05) is 14.7 Å². The first kappa shape index (κ1) is 7.06. The molecule has 1 aliphatic heterocycles. The topological polar surface area (TPSA) is 3.24 Å². The minimum absolute atomic E-state index is 0.428. The number of hydrogen-bond acceptors (Lipinski definition) is 1. The maximum Gasteiger partial charge on any atom is 0.0740 e. The van der Waals surface area contributed by atoms with Gasteiger partial charge in [0.25, 0.3) is 0 Å². The molecule has 1 saturated heterocycles. The van der Waals surface area contributed by atoms with Gasteiger partial charge in [0, 0.05) is 0 Å². The smallest absolute Gasteiger partial charge is 0.0740 e. The molecule has 0 bridgehead atoms. The van der Waals surface area contributed by atoms with Gasteiger partial charge < -0.3 is 0 Å². The Kier molecular flexibility index (Phi) is 2.51. The molecule has 0 aromatic rings. The molecule has 0 amide bonds. The van der Waals surface area contributed by atoms with E-state index in [-0.39, 0.29) is 0 Å². The maximum atomic E-state index is 5.31. The van der Waals surface area contributed by atoms with Crippen molar-refractivity contribution in [2.24, 2.45) is 0 Å². The third kappa shape index (κ3) is 1.68. The van der Waals surface area contributed by atoms with Gasteiger partial charge in [0.05, 0.1) is 6.04 Å². The van der Waals surface area contributed by atoms with Gasteiger partial charge >= 0.3 is 0 Å². The number of terminal acetylenes is 1. The predicted molar refractivity (Wildman–Crippen MR) is 42.8 cm³/mol. The minimum atomic E-state index is 0.428. The van der Waals surface area contributed by atoms with Gasteiger partial charge in [-0.3, -0.25) is 4.67 Å². The third-order valence-electron chi connectivity index (χ3n) is 1.68. The first-order valence-corrected chi connectivity index (χ1v) is 4.42. The lowest BCUT2D eigenvalue weighted by molar-refractivity contribution is 0.432. The molecule has 0 aliphatic carbocycles. The molecule has 0 spiro atoms. The van der Waals surface area contributed by atoms with Crippen molar-refractivity contribution in [3.05, 3.63) is 0 Å². The van der Waals surface area contributed by atoms with Gasteiger partial charge in [0.15, 0.2) is 0 Å². The summed E-state index contributed by atoms with van der Waals surface area (Å²) in [6.07, 6.45) is 9.16. The molecule has 2 heteroatoms. The highest BCUT2D eigenvalue weighted by atomic mass is 31.1. The lowest BCUT2D eigenvalue weighted by atomic mass is 10.2. The van der Waals surface area contributed by atoms with Crippen LogP contribution in [0.1, 0.15) is 12.8 Å². The highest BCUT2D eigenvalue weighted by Crippen LogP contribution is 2.27. The van der Waals surface area contributed by atoms with Crippen molar-refractivity contribution in [1.29, 1.82) is 0 Å². The van der Waals surface area contributed by atoms with Crippen LogP contribution in [0, 0.1) is 12.3 Å². The van der Waals surface area contributed by atoms with E-state index in [4.69, 9.17) is 6.42 Å². The fourth-order valence-electron chi connectivity index (χ4n) is 1.05. The normalized spacial score (nSPS) is 32.2. The SMILES string of the molecule is C#CC1CCCPN1C. The second-order valence-electron chi connectivity index (χ2n) is 2.34. The van der Waals surface area contributed by atoms with Crippen LogP contribution >= 0.6 is 8.73 Å². The molecule has 0 radical (unpaired) electrons. The zero-order valence-corrected chi connectivity index (χ0v) is 6.72. The number of nitrogens with zero attached hydrogens (tertiary/aromatic N) is 1. The largest absolute Gasteiger partial charge is 0.274 e. The van der Waals surface area contributed by atoms with Crippen molar-refractivity contribution in [1.82, 2.24) is 4.67 Å². The maximum absolute atomic E-state index is 5.31. The summed E-state index contributed by atoms with van der Waals surface area (Å²) in [5.74, 6) is 2.79. The second kappa shape index (κ2) is 3.20. The van der Waals surface area contributed by atoms with E-state index in [1.54, 1.807) is 0 Å². The van der Waals surface area contributed by atoms with Crippen LogP contribution in [0.3, 0.4) is 0 Å². The Labute approximate surface area is 58.7 Å².